The number of hydrogen-bond donors (Lipinski definition) is 0. The summed E-state index contributed by atoms with van der Waals surface area (Å²) in [5.74, 6) is 0.401. The molecule has 0 radical (unpaired) electrons. The van der Waals surface area contributed by atoms with Gasteiger partial charge in [0, 0.05) is 68.3 Å². The topological polar surface area (TPSA) is 13.0 Å². The first-order chi connectivity index (χ1) is 29.9. The van der Waals surface area contributed by atoms with Crippen LogP contribution in [-0.4, -0.2) is 0 Å². The van der Waals surface area contributed by atoms with Crippen molar-refractivity contribution in [2.45, 2.75) is 40.5 Å². The molecule has 0 saturated carbocycles. The predicted molar refractivity (Wildman–Crippen MR) is 260 cm³/mol. The van der Waals surface area contributed by atoms with E-state index in [4.69, 9.17) is 0 Å². The lowest BCUT2D eigenvalue weighted by molar-refractivity contribution is 0.879. The number of aryl methyl sites for hydroxylation is 1. The predicted octanol–water partition coefficient (Wildman–Crippen LogP) is 16.3. The fourth-order valence-electron chi connectivity index (χ4n) is 8.47. The zero-order chi connectivity index (χ0) is 41.7. The molecule has 61 heavy (non-hydrogen) atoms. The van der Waals surface area contributed by atoms with Gasteiger partial charge in [-0.3, -0.25) is 0 Å². The van der Waals surface area contributed by atoms with Crippen molar-refractivity contribution in [3.05, 3.63) is 240 Å². The van der Waals surface area contributed by atoms with E-state index in [-0.39, 0.29) is 0 Å². The Hall–Kier alpha value is -7.30. The van der Waals surface area contributed by atoms with Gasteiger partial charge >= 0.3 is 0 Å². The van der Waals surface area contributed by atoms with Crippen LogP contribution >= 0.6 is 0 Å². The molecule has 0 amide bonds. The molecule has 0 N–H and O–H groups in total. The van der Waals surface area contributed by atoms with E-state index in [9.17, 15) is 0 Å². The fourth-order valence-corrected chi connectivity index (χ4v) is 8.47. The number of rotatable bonds is 12. The smallest absolute Gasteiger partial charge is 0.0464 e. The largest absolute Gasteiger partial charge is 0.311 e. The number of para-hydroxylation sites is 3. The Morgan fingerprint density at radius 1 is 0.377 bits per heavy atom. The molecule has 7 aromatic rings. The van der Waals surface area contributed by atoms with Crippen molar-refractivity contribution in [3.63, 3.8) is 0 Å². The van der Waals surface area contributed by atoms with Gasteiger partial charge in [-0.25, -0.2) is 0 Å². The second kappa shape index (κ2) is 17.5. The second-order valence-electron chi connectivity index (χ2n) is 16.2. The molecule has 0 fully saturated rings. The van der Waals surface area contributed by atoms with Crippen LogP contribution in [0.4, 0.5) is 56.9 Å². The lowest BCUT2D eigenvalue weighted by atomic mass is 10.0. The van der Waals surface area contributed by atoms with Gasteiger partial charge in [0.15, 0.2) is 0 Å². The standard InChI is InChI=1S/C57H52N4/c1-42-16-14-24-55(38-42)59(46-18-8-5-9-19-46)52-32-26-49(27-33-52)58(50-28-34-53(35-29-50)60(47-20-10-6-11-21-47)56-25-15-17-43(2)39-56)51-30-36-54(37-31-51)61(48-22-12-7-13-23-48)57-40-44(3)45(4)41-57/h5-14,16,18-41,44H,15,17H2,1-4H3/t44-/m1/s1. The van der Waals surface area contributed by atoms with Crippen molar-refractivity contribution in [1.29, 1.82) is 0 Å². The second-order valence-corrected chi connectivity index (χ2v) is 16.2. The highest BCUT2D eigenvalue weighted by molar-refractivity contribution is 5.83. The molecule has 4 nitrogen and oxygen atoms in total. The minimum Gasteiger partial charge on any atom is -0.311 e. The Labute approximate surface area is 362 Å². The normalized spacial score (nSPS) is 14.7. The lowest BCUT2D eigenvalue weighted by Gasteiger charge is -2.31. The maximum absolute atomic E-state index is 2.37. The van der Waals surface area contributed by atoms with E-state index in [1.807, 2.05) is 0 Å². The molecule has 0 unspecified atom stereocenters. The Balaban J connectivity index is 1.13. The van der Waals surface area contributed by atoms with Crippen LogP contribution in [0.15, 0.2) is 235 Å². The number of nitrogens with zero attached hydrogens (tertiary/aromatic N) is 4. The van der Waals surface area contributed by atoms with Crippen molar-refractivity contribution in [1.82, 2.24) is 0 Å². The molecule has 0 aromatic heterocycles. The van der Waals surface area contributed by atoms with Crippen LogP contribution in [0, 0.1) is 12.8 Å². The highest BCUT2D eigenvalue weighted by atomic mass is 15.2. The molecule has 0 heterocycles. The Morgan fingerprint density at radius 2 is 0.754 bits per heavy atom. The summed E-state index contributed by atoms with van der Waals surface area (Å²) < 4.78 is 0. The van der Waals surface area contributed by atoms with Gasteiger partial charge in [0.2, 0.25) is 0 Å². The number of allylic oxidation sites excluding steroid dienone is 6. The van der Waals surface area contributed by atoms with Gasteiger partial charge in [0.1, 0.15) is 0 Å². The summed E-state index contributed by atoms with van der Waals surface area (Å²) in [7, 11) is 0. The summed E-state index contributed by atoms with van der Waals surface area (Å²) in [6.45, 7) is 8.87. The first kappa shape index (κ1) is 39.2. The van der Waals surface area contributed by atoms with Crippen molar-refractivity contribution in [2.24, 2.45) is 5.92 Å². The van der Waals surface area contributed by atoms with E-state index >= 15 is 0 Å². The van der Waals surface area contributed by atoms with Crippen molar-refractivity contribution in [3.8, 4) is 0 Å². The zero-order valence-corrected chi connectivity index (χ0v) is 35.5. The fraction of sp³-hybridized carbons (Fsp3) is 0.123. The van der Waals surface area contributed by atoms with Crippen LogP contribution in [0.1, 0.15) is 39.2 Å². The first-order valence-corrected chi connectivity index (χ1v) is 21.4. The Morgan fingerprint density at radius 3 is 1.16 bits per heavy atom. The van der Waals surface area contributed by atoms with E-state index in [0.717, 1.165) is 69.7 Å². The van der Waals surface area contributed by atoms with Crippen LogP contribution in [0.3, 0.4) is 0 Å². The number of hydrogen-bond acceptors (Lipinski definition) is 4. The van der Waals surface area contributed by atoms with Gasteiger partial charge in [-0.1, -0.05) is 97.0 Å². The molecule has 0 saturated heterocycles. The minimum atomic E-state index is 0.401. The molecule has 9 rings (SSSR count). The molecule has 0 aliphatic heterocycles. The lowest BCUT2D eigenvalue weighted by Crippen LogP contribution is -2.17. The molecule has 1 atom stereocenters. The zero-order valence-electron chi connectivity index (χ0n) is 35.5. The van der Waals surface area contributed by atoms with E-state index < -0.39 is 0 Å². The Kier molecular flexibility index (Phi) is 11.2. The average molecular weight is 793 g/mol. The average Bonchev–Trinajstić information content (AvgIpc) is 3.63. The van der Waals surface area contributed by atoms with E-state index in [1.165, 1.54) is 28.1 Å². The number of benzene rings is 7. The van der Waals surface area contributed by atoms with Crippen LogP contribution in [-0.2, 0) is 0 Å². The summed E-state index contributed by atoms with van der Waals surface area (Å²) in [6.07, 6.45) is 11.5. The maximum atomic E-state index is 2.37. The highest BCUT2D eigenvalue weighted by Crippen LogP contribution is 2.43. The van der Waals surface area contributed by atoms with Crippen molar-refractivity contribution >= 4 is 56.9 Å². The van der Waals surface area contributed by atoms with Crippen LogP contribution in [0.25, 0.3) is 0 Å². The van der Waals surface area contributed by atoms with Gasteiger partial charge in [0.25, 0.3) is 0 Å². The Bertz CT molecular complexity index is 2600. The van der Waals surface area contributed by atoms with Crippen molar-refractivity contribution in [2.75, 3.05) is 19.6 Å². The van der Waals surface area contributed by atoms with Gasteiger partial charge in [0.05, 0.1) is 0 Å². The van der Waals surface area contributed by atoms with Gasteiger partial charge in [-0.15, -0.1) is 0 Å². The summed E-state index contributed by atoms with van der Waals surface area (Å²) in [5.41, 5.74) is 17.5. The summed E-state index contributed by atoms with van der Waals surface area (Å²) in [5, 5.41) is 0. The van der Waals surface area contributed by atoms with Crippen molar-refractivity contribution < 1.29 is 0 Å². The molecule has 0 spiro atoms. The molecule has 7 aromatic carbocycles. The van der Waals surface area contributed by atoms with Gasteiger partial charge in [-0.05, 0) is 179 Å². The van der Waals surface area contributed by atoms with E-state index in [2.05, 4.69) is 260 Å². The van der Waals surface area contributed by atoms with E-state index in [0.29, 0.717) is 5.92 Å². The highest BCUT2D eigenvalue weighted by Gasteiger charge is 2.22. The van der Waals surface area contributed by atoms with Crippen LogP contribution in [0.5, 0.6) is 0 Å². The molecular weight excluding hydrogens is 741 g/mol. The number of anilines is 10. The molecule has 0 bridgehead atoms. The summed E-state index contributed by atoms with van der Waals surface area (Å²) >= 11 is 0. The third-order valence-corrected chi connectivity index (χ3v) is 11.7. The molecule has 4 heteroatoms. The SMILES string of the molecule is CC1=CC(N(c2ccccc2)c2ccc(N(c3ccc(N(C4=C[C@@H](C)C(C)=C4)c4ccccc4)cc3)c3ccc(N(c4ccccc4)c4cccc(C)c4)cc3)cc2)=CCC1. The third kappa shape index (κ3) is 8.44. The van der Waals surface area contributed by atoms with E-state index in [1.54, 1.807) is 0 Å². The summed E-state index contributed by atoms with van der Waals surface area (Å²) in [6, 6.07) is 67.7. The molecule has 300 valence electrons. The van der Waals surface area contributed by atoms with Crippen LogP contribution in [0.2, 0.25) is 0 Å². The maximum Gasteiger partial charge on any atom is 0.0464 e. The summed E-state index contributed by atoms with van der Waals surface area (Å²) in [4.78, 5) is 9.42. The van der Waals surface area contributed by atoms with Gasteiger partial charge in [-0.2, -0.15) is 0 Å². The molecule has 2 aliphatic rings. The quantitative estimate of drug-likeness (QED) is 0.122. The van der Waals surface area contributed by atoms with Gasteiger partial charge < -0.3 is 19.6 Å². The van der Waals surface area contributed by atoms with Crippen LogP contribution < -0.4 is 19.6 Å². The molecular formula is C57H52N4. The minimum absolute atomic E-state index is 0.401. The third-order valence-electron chi connectivity index (χ3n) is 11.7. The molecule has 2 aliphatic carbocycles. The monoisotopic (exact) mass is 792 g/mol. The first-order valence-electron chi connectivity index (χ1n) is 21.4.